The van der Waals surface area contributed by atoms with E-state index in [1.807, 2.05) is 48.5 Å². The Labute approximate surface area is 315 Å². The largest absolute Gasteiger partial charge is 0.465 e. The second-order valence-electron chi connectivity index (χ2n) is 14.4. The highest BCUT2D eigenvalue weighted by atomic mass is 16.6. The molecule has 284 valence electrons. The van der Waals surface area contributed by atoms with Gasteiger partial charge in [-0.3, -0.25) is 9.80 Å². The van der Waals surface area contributed by atoms with Gasteiger partial charge in [0.05, 0.1) is 35.2 Å². The van der Waals surface area contributed by atoms with E-state index in [2.05, 4.69) is 26.8 Å². The summed E-state index contributed by atoms with van der Waals surface area (Å²) in [5, 5.41) is 19.2. The number of fused-ring (bicyclic) bond motifs is 2. The van der Waals surface area contributed by atoms with Crippen molar-refractivity contribution in [2.24, 2.45) is 0 Å². The van der Waals surface area contributed by atoms with Gasteiger partial charge in [0.25, 0.3) is 0 Å². The molecule has 0 aliphatic carbocycles. The third-order valence-corrected chi connectivity index (χ3v) is 9.35. The Hall–Kier alpha value is -6.76. The van der Waals surface area contributed by atoms with Crippen molar-refractivity contribution >= 4 is 46.4 Å². The van der Waals surface area contributed by atoms with Crippen LogP contribution >= 0.6 is 0 Å². The van der Waals surface area contributed by atoms with Gasteiger partial charge in [0.15, 0.2) is 0 Å². The Balaban J connectivity index is 1.11. The Morgan fingerprint density at radius 3 is 1.84 bits per heavy atom. The van der Waals surface area contributed by atoms with Crippen molar-refractivity contribution in [2.45, 2.75) is 45.1 Å². The van der Waals surface area contributed by atoms with Gasteiger partial charge in [0.1, 0.15) is 35.9 Å². The Kier molecular flexibility index (Phi) is 9.94. The number of imidazole rings is 2. The topological polar surface area (TPSA) is 198 Å². The zero-order valence-corrected chi connectivity index (χ0v) is 30.5. The maximum atomic E-state index is 13.4. The zero-order valence-electron chi connectivity index (χ0n) is 30.5. The van der Waals surface area contributed by atoms with Crippen LogP contribution in [0.1, 0.15) is 61.2 Å². The molecule has 2 saturated heterocycles. The van der Waals surface area contributed by atoms with E-state index >= 15 is 0 Å². The summed E-state index contributed by atoms with van der Waals surface area (Å²) in [6.45, 7) is 6.22. The monoisotopic (exact) mass is 748 g/mol. The number of carbonyl (C=O) groups excluding carboxylic acids is 2. The maximum absolute atomic E-state index is 13.4. The molecule has 2 fully saturated rings. The van der Waals surface area contributed by atoms with Crippen LogP contribution in [0.2, 0.25) is 0 Å². The van der Waals surface area contributed by atoms with Gasteiger partial charge in [-0.05, 0) is 62.7 Å². The number of carbonyl (C=O) groups is 4. The molecule has 2 aromatic heterocycles. The number of benzene rings is 3. The van der Waals surface area contributed by atoms with Crippen LogP contribution < -0.4 is 0 Å². The van der Waals surface area contributed by atoms with Gasteiger partial charge in [-0.15, -0.1) is 0 Å². The summed E-state index contributed by atoms with van der Waals surface area (Å²) >= 11 is 0. The first-order chi connectivity index (χ1) is 26.3. The van der Waals surface area contributed by atoms with E-state index in [4.69, 9.17) is 14.5 Å². The van der Waals surface area contributed by atoms with Crippen LogP contribution in [-0.2, 0) is 16.1 Å². The molecule has 16 heteroatoms. The molecule has 3 aromatic carbocycles. The molecule has 2 aliphatic rings. The van der Waals surface area contributed by atoms with Crippen LogP contribution in [-0.4, -0.2) is 119 Å². The maximum Gasteiger partial charge on any atom is 0.410 e. The predicted octanol–water partition coefficient (Wildman–Crippen LogP) is 5.78. The molecule has 7 rings (SSSR count). The average Bonchev–Trinajstić information content (AvgIpc) is 3.79. The molecule has 4 heterocycles. The quantitative estimate of drug-likeness (QED) is 0.163. The molecule has 5 aromatic rings. The smallest absolute Gasteiger partial charge is 0.410 e. The first-order valence-corrected chi connectivity index (χ1v) is 17.8. The fraction of sp³-hybridized carbons (Fsp3) is 0.333. The van der Waals surface area contributed by atoms with Gasteiger partial charge in [-0.2, -0.15) is 0 Å². The van der Waals surface area contributed by atoms with Gasteiger partial charge >= 0.3 is 24.4 Å². The SMILES string of the molecule is CC(C)(C)OC(=O)N1CCN(C(=O)OCc2ccccc2)[C@H](c2nc3ccc(C#Cc4ccc5nc([C@@H]6CN(C(=O)O)CCN6C(=O)O)[nH]c5c4)cc3[nH]2)C1. The van der Waals surface area contributed by atoms with Gasteiger partial charge in [0, 0.05) is 37.3 Å². The molecular formula is C39H40N8O8. The van der Waals surface area contributed by atoms with Crippen LogP contribution in [0, 0.1) is 11.8 Å². The van der Waals surface area contributed by atoms with Gasteiger partial charge < -0.3 is 39.5 Å². The van der Waals surface area contributed by atoms with Crippen LogP contribution in [0.15, 0.2) is 66.7 Å². The lowest BCUT2D eigenvalue weighted by Crippen LogP contribution is -2.53. The third kappa shape index (κ3) is 8.25. The van der Waals surface area contributed by atoms with E-state index in [1.165, 1.54) is 9.80 Å². The first kappa shape index (κ1) is 36.6. The number of carboxylic acid groups (broad SMARTS) is 2. The van der Waals surface area contributed by atoms with Crippen molar-refractivity contribution < 1.29 is 38.9 Å². The van der Waals surface area contributed by atoms with Crippen molar-refractivity contribution in [1.82, 2.24) is 39.5 Å². The molecule has 0 saturated carbocycles. The minimum Gasteiger partial charge on any atom is -0.465 e. The molecule has 0 bridgehead atoms. The number of piperazine rings is 2. The highest BCUT2D eigenvalue weighted by molar-refractivity contribution is 5.79. The molecule has 55 heavy (non-hydrogen) atoms. The number of nitrogens with zero attached hydrogens (tertiary/aromatic N) is 6. The molecule has 4 amide bonds. The number of rotatable bonds is 4. The minimum atomic E-state index is -1.15. The normalized spacial score (nSPS) is 17.5. The van der Waals surface area contributed by atoms with Crippen molar-refractivity contribution in [1.29, 1.82) is 0 Å². The fourth-order valence-electron chi connectivity index (χ4n) is 6.62. The summed E-state index contributed by atoms with van der Waals surface area (Å²) in [5.74, 6) is 7.17. The summed E-state index contributed by atoms with van der Waals surface area (Å²) in [5.41, 5.74) is 4.10. The number of nitrogens with one attached hydrogen (secondary N) is 2. The average molecular weight is 749 g/mol. The second-order valence-corrected chi connectivity index (χ2v) is 14.4. The molecule has 0 unspecified atom stereocenters. The summed E-state index contributed by atoms with van der Waals surface area (Å²) < 4.78 is 11.3. The minimum absolute atomic E-state index is 0.0347. The van der Waals surface area contributed by atoms with E-state index in [9.17, 15) is 29.4 Å². The first-order valence-electron chi connectivity index (χ1n) is 17.8. The second kappa shape index (κ2) is 14.9. The highest BCUT2D eigenvalue weighted by Gasteiger charge is 2.38. The van der Waals surface area contributed by atoms with E-state index in [-0.39, 0.29) is 45.9 Å². The lowest BCUT2D eigenvalue weighted by molar-refractivity contribution is -0.0000997. The lowest BCUT2D eigenvalue weighted by Gasteiger charge is -2.40. The molecular weight excluding hydrogens is 708 g/mol. The number of H-pyrrole nitrogens is 2. The summed E-state index contributed by atoms with van der Waals surface area (Å²) in [6, 6.07) is 18.9. The van der Waals surface area contributed by atoms with Crippen LogP contribution in [0.4, 0.5) is 19.2 Å². The molecule has 2 atom stereocenters. The number of amides is 4. The number of ether oxygens (including phenoxy) is 2. The number of hydrogen-bond donors (Lipinski definition) is 4. The Morgan fingerprint density at radius 1 is 0.727 bits per heavy atom. The van der Waals surface area contributed by atoms with Crippen molar-refractivity contribution in [3.05, 3.63) is 95.1 Å². The summed E-state index contributed by atoms with van der Waals surface area (Å²) in [4.78, 5) is 71.4. The van der Waals surface area contributed by atoms with Crippen molar-refractivity contribution in [2.75, 3.05) is 39.3 Å². The fourth-order valence-corrected chi connectivity index (χ4v) is 6.62. The molecule has 0 spiro atoms. The van der Waals surface area contributed by atoms with E-state index in [0.29, 0.717) is 44.8 Å². The van der Waals surface area contributed by atoms with Crippen molar-refractivity contribution in [3.63, 3.8) is 0 Å². The number of hydrogen-bond acceptors (Lipinski definition) is 8. The van der Waals surface area contributed by atoms with Gasteiger partial charge in [0.2, 0.25) is 0 Å². The molecule has 16 nitrogen and oxygen atoms in total. The van der Waals surface area contributed by atoms with E-state index in [0.717, 1.165) is 5.56 Å². The third-order valence-electron chi connectivity index (χ3n) is 9.35. The Bertz CT molecular complexity index is 2320. The predicted molar refractivity (Wildman–Crippen MR) is 199 cm³/mol. The number of aromatic amines is 2. The summed E-state index contributed by atoms with van der Waals surface area (Å²) in [6.07, 6.45) is -3.27. The van der Waals surface area contributed by atoms with E-state index in [1.54, 1.807) is 48.8 Å². The van der Waals surface area contributed by atoms with Gasteiger partial charge in [-0.25, -0.2) is 29.1 Å². The Morgan fingerprint density at radius 2 is 1.27 bits per heavy atom. The van der Waals surface area contributed by atoms with Crippen LogP contribution in [0.25, 0.3) is 22.1 Å². The zero-order chi connectivity index (χ0) is 38.9. The standard InChI is InChI=1S/C39H40N8O8/c1-39(2,3)55-37(52)45-16-18-47(38(53)54-23-26-7-5-4-6-8-26)32(22-45)34-41-28-14-12-25(20-30(28)43-34)10-9-24-11-13-27-29(19-24)42-33(40-27)31-21-44(35(48)49)15-17-46(31)36(50)51/h4-8,11-14,19-20,31-32H,15-18,21-23H2,1-3H3,(H,40,42)(H,41,43)(H,48,49)(H,50,51)/t31-,32-/m0/s1. The van der Waals surface area contributed by atoms with E-state index < -0.39 is 42.1 Å². The van der Waals surface area contributed by atoms with Crippen molar-refractivity contribution in [3.8, 4) is 11.8 Å². The summed E-state index contributed by atoms with van der Waals surface area (Å²) in [7, 11) is 0. The van der Waals surface area contributed by atoms with Crippen LogP contribution in [0.3, 0.4) is 0 Å². The molecule has 0 radical (unpaired) electrons. The highest BCUT2D eigenvalue weighted by Crippen LogP contribution is 2.29. The van der Waals surface area contributed by atoms with Crippen LogP contribution in [0.5, 0.6) is 0 Å². The van der Waals surface area contributed by atoms with Gasteiger partial charge in [-0.1, -0.05) is 42.2 Å². The molecule has 2 aliphatic heterocycles. The number of aromatic nitrogens is 4. The molecule has 4 N–H and O–H groups in total. The lowest BCUT2D eigenvalue weighted by atomic mass is 10.1.